The molecule has 1 atom stereocenters. The number of carbonyl (C=O) groups excluding carboxylic acids is 1. The third-order valence-corrected chi connectivity index (χ3v) is 4.55. The van der Waals surface area contributed by atoms with Crippen LogP contribution in [0.2, 0.25) is 0 Å². The van der Waals surface area contributed by atoms with E-state index < -0.39 is 5.60 Å². The molecule has 112 valence electrons. The molecule has 0 bridgehead atoms. The summed E-state index contributed by atoms with van der Waals surface area (Å²) in [4.78, 5) is 15.1. The Morgan fingerprint density at radius 3 is 3.05 bits per heavy atom. The highest BCUT2D eigenvalue weighted by atomic mass is 35.5. The summed E-state index contributed by atoms with van der Waals surface area (Å²) in [6.45, 7) is 2.62. The Kier molecular flexibility index (Phi) is 3.68. The SMILES string of the molecule is COC(=O)CC1(CCl)OCCc2c1[nH]c1ccc(C)cc21. The predicted molar refractivity (Wildman–Crippen MR) is 81.7 cm³/mol. The molecule has 0 saturated carbocycles. The molecule has 1 aromatic carbocycles. The van der Waals surface area contributed by atoms with E-state index in [1.807, 2.05) is 0 Å². The third kappa shape index (κ3) is 2.32. The van der Waals surface area contributed by atoms with Crippen LogP contribution in [0.3, 0.4) is 0 Å². The molecule has 0 fully saturated rings. The molecule has 1 unspecified atom stereocenters. The fourth-order valence-electron chi connectivity index (χ4n) is 3.03. The van der Waals surface area contributed by atoms with Gasteiger partial charge < -0.3 is 14.5 Å². The molecular weight excluding hydrogens is 290 g/mol. The number of nitrogens with one attached hydrogen (secondary N) is 1. The molecule has 2 heterocycles. The summed E-state index contributed by atoms with van der Waals surface area (Å²) in [5.74, 6) is -0.112. The van der Waals surface area contributed by atoms with Gasteiger partial charge in [-0.1, -0.05) is 11.6 Å². The minimum atomic E-state index is -0.824. The molecule has 0 spiro atoms. The van der Waals surface area contributed by atoms with Crippen molar-refractivity contribution < 1.29 is 14.3 Å². The molecule has 0 saturated heterocycles. The zero-order valence-electron chi connectivity index (χ0n) is 12.2. The van der Waals surface area contributed by atoms with Gasteiger partial charge in [-0.2, -0.15) is 0 Å². The topological polar surface area (TPSA) is 51.3 Å². The molecule has 2 aromatic rings. The second-order valence-electron chi connectivity index (χ2n) is 5.51. The van der Waals surface area contributed by atoms with E-state index in [0.717, 1.165) is 17.6 Å². The van der Waals surface area contributed by atoms with Gasteiger partial charge in [-0.15, -0.1) is 11.6 Å². The van der Waals surface area contributed by atoms with Crippen LogP contribution in [0.15, 0.2) is 18.2 Å². The summed E-state index contributed by atoms with van der Waals surface area (Å²) in [7, 11) is 1.38. The summed E-state index contributed by atoms with van der Waals surface area (Å²) < 4.78 is 10.7. The van der Waals surface area contributed by atoms with E-state index in [9.17, 15) is 4.79 Å². The smallest absolute Gasteiger partial charge is 0.308 e. The fraction of sp³-hybridized carbons (Fsp3) is 0.438. The number of ether oxygens (including phenoxy) is 2. The largest absolute Gasteiger partial charge is 0.469 e. The first-order valence-electron chi connectivity index (χ1n) is 6.98. The van der Waals surface area contributed by atoms with Crippen LogP contribution in [-0.4, -0.2) is 30.5 Å². The van der Waals surface area contributed by atoms with Crippen molar-refractivity contribution in [1.29, 1.82) is 0 Å². The van der Waals surface area contributed by atoms with Crippen LogP contribution in [0.4, 0.5) is 0 Å². The highest BCUT2D eigenvalue weighted by Gasteiger charge is 2.42. The lowest BCUT2D eigenvalue weighted by molar-refractivity contribution is -0.149. The number of aromatic nitrogens is 1. The normalized spacial score (nSPS) is 21.3. The Hall–Kier alpha value is -1.52. The van der Waals surface area contributed by atoms with E-state index in [4.69, 9.17) is 21.1 Å². The van der Waals surface area contributed by atoms with E-state index in [1.165, 1.54) is 23.6 Å². The molecule has 0 amide bonds. The van der Waals surface area contributed by atoms with Crippen LogP contribution < -0.4 is 0 Å². The van der Waals surface area contributed by atoms with Crippen molar-refractivity contribution in [2.45, 2.75) is 25.4 Å². The predicted octanol–water partition coefficient (Wildman–Crippen LogP) is 3.05. The number of hydrogen-bond acceptors (Lipinski definition) is 3. The molecular formula is C16H18ClNO3. The Morgan fingerprint density at radius 1 is 1.52 bits per heavy atom. The first-order valence-corrected chi connectivity index (χ1v) is 7.51. The first-order chi connectivity index (χ1) is 10.1. The number of aryl methyl sites for hydroxylation is 1. The Bertz CT molecular complexity index is 694. The maximum atomic E-state index is 11.7. The van der Waals surface area contributed by atoms with Gasteiger partial charge in [0, 0.05) is 10.9 Å². The number of halogens is 1. The summed E-state index contributed by atoms with van der Waals surface area (Å²) in [6.07, 6.45) is 0.935. The van der Waals surface area contributed by atoms with Crippen molar-refractivity contribution in [3.63, 3.8) is 0 Å². The van der Waals surface area contributed by atoms with Crippen molar-refractivity contribution in [2.75, 3.05) is 19.6 Å². The van der Waals surface area contributed by atoms with E-state index in [2.05, 4.69) is 30.1 Å². The van der Waals surface area contributed by atoms with E-state index in [1.54, 1.807) is 0 Å². The number of methoxy groups -OCH3 is 1. The van der Waals surface area contributed by atoms with E-state index in [0.29, 0.717) is 6.61 Å². The summed E-state index contributed by atoms with van der Waals surface area (Å²) in [5, 5.41) is 1.19. The average molecular weight is 308 g/mol. The van der Waals surface area contributed by atoms with Gasteiger partial charge in [-0.05, 0) is 31.0 Å². The quantitative estimate of drug-likeness (QED) is 0.700. The van der Waals surface area contributed by atoms with Crippen LogP contribution in [0.1, 0.15) is 23.2 Å². The number of rotatable bonds is 3. The minimum absolute atomic E-state index is 0.117. The summed E-state index contributed by atoms with van der Waals surface area (Å²) in [5.41, 5.74) is 3.55. The molecule has 1 aromatic heterocycles. The lowest BCUT2D eigenvalue weighted by Crippen LogP contribution is -2.39. The monoisotopic (exact) mass is 307 g/mol. The molecule has 3 rings (SSSR count). The second kappa shape index (κ2) is 5.35. The number of alkyl halides is 1. The average Bonchev–Trinajstić information content (AvgIpc) is 2.86. The number of H-pyrrole nitrogens is 1. The fourth-order valence-corrected chi connectivity index (χ4v) is 3.33. The molecule has 1 aliphatic heterocycles. The van der Waals surface area contributed by atoms with Gasteiger partial charge in [-0.25, -0.2) is 0 Å². The molecule has 4 nitrogen and oxygen atoms in total. The van der Waals surface area contributed by atoms with Gasteiger partial charge in [0.2, 0.25) is 0 Å². The second-order valence-corrected chi connectivity index (χ2v) is 5.77. The standard InChI is InChI=1S/C16H18ClNO3/c1-10-3-4-13-12(7-10)11-5-6-21-16(9-17,15(11)18-13)8-14(19)20-2/h3-4,7,18H,5-6,8-9H2,1-2H3. The number of hydrogen-bond donors (Lipinski definition) is 1. The van der Waals surface area contributed by atoms with Gasteiger partial charge in [0.15, 0.2) is 0 Å². The van der Waals surface area contributed by atoms with Gasteiger partial charge in [0.25, 0.3) is 0 Å². The van der Waals surface area contributed by atoms with Crippen LogP contribution in [0, 0.1) is 6.92 Å². The number of fused-ring (bicyclic) bond motifs is 3. The van der Waals surface area contributed by atoms with Crippen molar-refractivity contribution in [3.8, 4) is 0 Å². The molecule has 0 radical (unpaired) electrons. The minimum Gasteiger partial charge on any atom is -0.469 e. The maximum absolute atomic E-state index is 11.7. The third-order valence-electron chi connectivity index (χ3n) is 4.12. The first kappa shape index (κ1) is 14.4. The molecule has 0 aliphatic carbocycles. The lowest BCUT2D eigenvalue weighted by atomic mass is 9.90. The van der Waals surface area contributed by atoms with Crippen LogP contribution in [-0.2, 0) is 26.3 Å². The highest BCUT2D eigenvalue weighted by molar-refractivity contribution is 6.18. The Balaban J connectivity index is 2.16. The van der Waals surface area contributed by atoms with Crippen molar-refractivity contribution in [1.82, 2.24) is 4.98 Å². The zero-order valence-corrected chi connectivity index (χ0v) is 12.9. The molecule has 1 N–H and O–H groups in total. The van der Waals surface area contributed by atoms with E-state index in [-0.39, 0.29) is 18.3 Å². The van der Waals surface area contributed by atoms with Gasteiger partial charge >= 0.3 is 5.97 Å². The highest BCUT2D eigenvalue weighted by Crippen LogP contribution is 2.40. The number of benzene rings is 1. The Labute approximate surface area is 128 Å². The van der Waals surface area contributed by atoms with Gasteiger partial charge in [0.05, 0.1) is 31.7 Å². The maximum Gasteiger partial charge on any atom is 0.308 e. The van der Waals surface area contributed by atoms with Crippen LogP contribution >= 0.6 is 11.6 Å². The zero-order chi connectivity index (χ0) is 15.0. The summed E-state index contributed by atoms with van der Waals surface area (Å²) in [6, 6.07) is 6.28. The van der Waals surface area contributed by atoms with Crippen molar-refractivity contribution in [2.24, 2.45) is 0 Å². The number of aromatic amines is 1. The molecule has 5 heteroatoms. The number of carbonyl (C=O) groups is 1. The van der Waals surface area contributed by atoms with Gasteiger partial charge in [0.1, 0.15) is 5.60 Å². The van der Waals surface area contributed by atoms with Crippen molar-refractivity contribution in [3.05, 3.63) is 35.0 Å². The molecule has 21 heavy (non-hydrogen) atoms. The van der Waals surface area contributed by atoms with Crippen LogP contribution in [0.5, 0.6) is 0 Å². The van der Waals surface area contributed by atoms with Crippen molar-refractivity contribution >= 4 is 28.5 Å². The summed E-state index contributed by atoms with van der Waals surface area (Å²) >= 11 is 6.17. The molecule has 1 aliphatic rings. The van der Waals surface area contributed by atoms with Crippen LogP contribution in [0.25, 0.3) is 10.9 Å². The Morgan fingerprint density at radius 2 is 2.33 bits per heavy atom. The van der Waals surface area contributed by atoms with Gasteiger partial charge in [-0.3, -0.25) is 4.79 Å². The lowest BCUT2D eigenvalue weighted by Gasteiger charge is -2.35. The number of esters is 1. The van der Waals surface area contributed by atoms with E-state index >= 15 is 0 Å².